The number of hydrogen-bond acceptors (Lipinski definition) is 5. The number of nitrogens with one attached hydrogen (secondary N) is 2. The quantitative estimate of drug-likeness (QED) is 0.547. The summed E-state index contributed by atoms with van der Waals surface area (Å²) in [7, 11) is 2.88. The molecule has 2 amide bonds. The first-order chi connectivity index (χ1) is 9.85. The summed E-state index contributed by atoms with van der Waals surface area (Å²) in [5, 5.41) is 2.38. The lowest BCUT2D eigenvalue weighted by Gasteiger charge is -2.15. The number of aromatic amines is 1. The van der Waals surface area contributed by atoms with Gasteiger partial charge in [-0.2, -0.15) is 0 Å². The maximum atomic E-state index is 11.7. The van der Waals surface area contributed by atoms with Crippen LogP contribution in [0.2, 0.25) is 0 Å². The molecule has 0 unspecified atom stereocenters. The number of aromatic nitrogens is 1. The number of nitrogens with zero attached hydrogens (tertiary/aromatic N) is 1. The zero-order valence-corrected chi connectivity index (χ0v) is 12.1. The fourth-order valence-corrected chi connectivity index (χ4v) is 1.41. The molecule has 1 aromatic heterocycles. The minimum absolute atomic E-state index is 0.0851. The van der Waals surface area contributed by atoms with Gasteiger partial charge in [-0.1, -0.05) is 0 Å². The molecule has 0 saturated carbocycles. The lowest BCUT2D eigenvalue weighted by Crippen LogP contribution is -2.39. The van der Waals surface area contributed by atoms with E-state index < -0.39 is 18.5 Å². The van der Waals surface area contributed by atoms with Crippen LogP contribution < -0.4 is 5.32 Å². The first-order valence-electron chi connectivity index (χ1n) is 6.16. The summed E-state index contributed by atoms with van der Waals surface area (Å²) in [6, 6.07) is 1.35. The van der Waals surface area contributed by atoms with Gasteiger partial charge in [0.05, 0.1) is 6.54 Å². The van der Waals surface area contributed by atoms with Gasteiger partial charge < -0.3 is 19.9 Å². The van der Waals surface area contributed by atoms with Crippen LogP contribution in [-0.2, 0) is 14.3 Å². The Hall–Kier alpha value is -2.64. The summed E-state index contributed by atoms with van der Waals surface area (Å²) in [6.07, 6.45) is 1.39. The average molecular weight is 295 g/mol. The van der Waals surface area contributed by atoms with Crippen LogP contribution in [-0.4, -0.2) is 60.7 Å². The van der Waals surface area contributed by atoms with Gasteiger partial charge in [0.1, 0.15) is 5.69 Å². The number of ether oxygens (including phenoxy) is 1. The molecule has 1 heterocycles. The van der Waals surface area contributed by atoms with Gasteiger partial charge in [0.15, 0.2) is 12.4 Å². The van der Waals surface area contributed by atoms with Crippen molar-refractivity contribution in [3.63, 3.8) is 0 Å². The van der Waals surface area contributed by atoms with Crippen molar-refractivity contribution in [2.45, 2.75) is 6.92 Å². The van der Waals surface area contributed by atoms with Gasteiger partial charge in [0, 0.05) is 25.9 Å². The van der Waals surface area contributed by atoms with Gasteiger partial charge in [0.25, 0.3) is 5.91 Å². The number of amides is 2. The molecule has 8 heteroatoms. The van der Waals surface area contributed by atoms with Crippen molar-refractivity contribution in [1.29, 1.82) is 0 Å². The van der Waals surface area contributed by atoms with E-state index in [9.17, 15) is 19.2 Å². The topological polar surface area (TPSA) is 109 Å². The third-order valence-corrected chi connectivity index (χ3v) is 2.72. The lowest BCUT2D eigenvalue weighted by atomic mass is 10.2. The molecule has 8 nitrogen and oxygen atoms in total. The summed E-state index contributed by atoms with van der Waals surface area (Å²) in [6.45, 7) is 0.764. The molecule has 2 N–H and O–H groups in total. The molecule has 1 rings (SSSR count). The van der Waals surface area contributed by atoms with E-state index in [1.165, 1.54) is 33.3 Å². The standard InChI is InChI=1S/C13H17N3O5/c1-8(17)9-4-10(15-5-9)13(20)21-7-12(19)16(3)6-11(18)14-2/h4-5,15H,6-7H2,1-3H3,(H,14,18). The van der Waals surface area contributed by atoms with E-state index in [1.807, 2.05) is 0 Å². The third-order valence-electron chi connectivity index (χ3n) is 2.72. The van der Waals surface area contributed by atoms with E-state index in [-0.39, 0.29) is 23.9 Å². The molecule has 114 valence electrons. The number of Topliss-reactive ketones (excluding diaryl/α,β-unsaturated/α-hetero) is 1. The van der Waals surface area contributed by atoms with Crippen LogP contribution >= 0.6 is 0 Å². The number of carbonyl (C=O) groups excluding carboxylic acids is 4. The van der Waals surface area contributed by atoms with Crippen LogP contribution in [0.4, 0.5) is 0 Å². The van der Waals surface area contributed by atoms with Gasteiger partial charge in [-0.15, -0.1) is 0 Å². The van der Waals surface area contributed by atoms with E-state index in [4.69, 9.17) is 4.74 Å². The minimum Gasteiger partial charge on any atom is -0.451 e. The van der Waals surface area contributed by atoms with E-state index in [0.717, 1.165) is 4.90 Å². The smallest absolute Gasteiger partial charge is 0.355 e. The van der Waals surface area contributed by atoms with Crippen LogP contribution in [0, 0.1) is 0 Å². The molecule has 0 bridgehead atoms. The predicted molar refractivity (Wildman–Crippen MR) is 72.8 cm³/mol. The fraction of sp³-hybridized carbons (Fsp3) is 0.385. The Morgan fingerprint density at radius 2 is 2.00 bits per heavy atom. The van der Waals surface area contributed by atoms with Crippen molar-refractivity contribution in [2.24, 2.45) is 0 Å². The van der Waals surface area contributed by atoms with Crippen molar-refractivity contribution < 1.29 is 23.9 Å². The molecule has 0 atom stereocenters. The average Bonchev–Trinajstić information content (AvgIpc) is 2.94. The minimum atomic E-state index is -0.746. The molecular weight excluding hydrogens is 278 g/mol. The van der Waals surface area contributed by atoms with Crippen molar-refractivity contribution in [1.82, 2.24) is 15.2 Å². The molecule has 21 heavy (non-hydrogen) atoms. The summed E-state index contributed by atoms with van der Waals surface area (Å²) in [5.74, 6) is -1.77. The normalized spacial score (nSPS) is 9.86. The number of hydrogen-bond donors (Lipinski definition) is 2. The maximum absolute atomic E-state index is 11.7. The zero-order valence-electron chi connectivity index (χ0n) is 12.1. The third kappa shape index (κ3) is 4.75. The van der Waals surface area contributed by atoms with Gasteiger partial charge in [-0.05, 0) is 13.0 Å². The highest BCUT2D eigenvalue weighted by Gasteiger charge is 2.17. The number of carbonyl (C=O) groups is 4. The SMILES string of the molecule is CNC(=O)CN(C)C(=O)COC(=O)c1cc(C(C)=O)c[nH]1. The Labute approximate surface area is 121 Å². The van der Waals surface area contributed by atoms with Crippen LogP contribution in [0.25, 0.3) is 0 Å². The highest BCUT2D eigenvalue weighted by atomic mass is 16.5. The van der Waals surface area contributed by atoms with E-state index >= 15 is 0 Å². The largest absolute Gasteiger partial charge is 0.451 e. The second-order valence-corrected chi connectivity index (χ2v) is 4.36. The van der Waals surface area contributed by atoms with Gasteiger partial charge in [0.2, 0.25) is 5.91 Å². The maximum Gasteiger partial charge on any atom is 0.355 e. The summed E-state index contributed by atoms with van der Waals surface area (Å²) in [5.41, 5.74) is 0.437. The highest BCUT2D eigenvalue weighted by molar-refractivity contribution is 5.97. The molecule has 0 aliphatic rings. The molecule has 0 aliphatic heterocycles. The van der Waals surface area contributed by atoms with Crippen LogP contribution in [0.5, 0.6) is 0 Å². The number of likely N-dealkylation sites (N-methyl/N-ethyl adjacent to an activating group) is 2. The van der Waals surface area contributed by atoms with Crippen LogP contribution in [0.15, 0.2) is 12.3 Å². The second kappa shape index (κ2) is 7.22. The van der Waals surface area contributed by atoms with Crippen molar-refractivity contribution in [2.75, 3.05) is 27.2 Å². The van der Waals surface area contributed by atoms with Crippen molar-refractivity contribution in [3.05, 3.63) is 23.5 Å². The summed E-state index contributed by atoms with van der Waals surface area (Å²) in [4.78, 5) is 49.3. The molecule has 0 aliphatic carbocycles. The Kier molecular flexibility index (Phi) is 5.65. The number of esters is 1. The molecule has 0 radical (unpaired) electrons. The molecule has 0 spiro atoms. The Balaban J connectivity index is 2.50. The van der Waals surface area contributed by atoms with Gasteiger partial charge >= 0.3 is 5.97 Å². The highest BCUT2D eigenvalue weighted by Crippen LogP contribution is 2.06. The number of H-pyrrole nitrogens is 1. The Morgan fingerprint density at radius 1 is 1.33 bits per heavy atom. The molecular formula is C13H17N3O5. The zero-order chi connectivity index (χ0) is 16.0. The van der Waals surface area contributed by atoms with Gasteiger partial charge in [-0.3, -0.25) is 14.4 Å². The lowest BCUT2D eigenvalue weighted by molar-refractivity contribution is -0.137. The molecule has 0 saturated heterocycles. The summed E-state index contributed by atoms with van der Waals surface area (Å²) >= 11 is 0. The molecule has 0 aromatic carbocycles. The van der Waals surface area contributed by atoms with E-state index in [1.54, 1.807) is 0 Å². The van der Waals surface area contributed by atoms with E-state index in [0.29, 0.717) is 5.56 Å². The predicted octanol–water partition coefficient (Wildman–Crippen LogP) is -0.421. The molecule has 1 aromatic rings. The van der Waals surface area contributed by atoms with Gasteiger partial charge in [-0.25, -0.2) is 4.79 Å². The van der Waals surface area contributed by atoms with Crippen LogP contribution in [0.3, 0.4) is 0 Å². The second-order valence-electron chi connectivity index (χ2n) is 4.36. The van der Waals surface area contributed by atoms with Crippen LogP contribution in [0.1, 0.15) is 27.8 Å². The van der Waals surface area contributed by atoms with E-state index in [2.05, 4.69) is 10.3 Å². The van der Waals surface area contributed by atoms with Crippen molar-refractivity contribution >= 4 is 23.6 Å². The monoisotopic (exact) mass is 295 g/mol. The van der Waals surface area contributed by atoms with Crippen molar-refractivity contribution in [3.8, 4) is 0 Å². The molecule has 0 fully saturated rings. The number of rotatable bonds is 6. The Bertz CT molecular complexity index is 564. The fourth-order valence-electron chi connectivity index (χ4n) is 1.41. The Morgan fingerprint density at radius 3 is 2.52 bits per heavy atom. The first-order valence-corrected chi connectivity index (χ1v) is 6.16. The first kappa shape index (κ1) is 16.4. The summed E-state index contributed by atoms with van der Waals surface area (Å²) < 4.78 is 4.81. The number of ketones is 1.